The van der Waals surface area contributed by atoms with E-state index in [0.717, 1.165) is 18.2 Å². The smallest absolute Gasteiger partial charge is 0.287 e. The molecule has 0 unspecified atom stereocenters. The van der Waals surface area contributed by atoms with Crippen molar-refractivity contribution in [2.45, 2.75) is 26.7 Å². The number of amides is 1. The van der Waals surface area contributed by atoms with Crippen LogP contribution in [0.1, 0.15) is 37.2 Å². The largest absolute Gasteiger partial charge is 0.444 e. The van der Waals surface area contributed by atoms with E-state index in [2.05, 4.69) is 51.0 Å². The fourth-order valence-corrected chi connectivity index (χ4v) is 2.83. The second-order valence-electron chi connectivity index (χ2n) is 4.13. The van der Waals surface area contributed by atoms with Crippen molar-refractivity contribution in [3.63, 3.8) is 0 Å². The Morgan fingerprint density at radius 2 is 2.06 bits per heavy atom. The molecule has 0 atom stereocenters. The van der Waals surface area contributed by atoms with Crippen LogP contribution in [0.3, 0.4) is 0 Å². The van der Waals surface area contributed by atoms with E-state index in [-0.39, 0.29) is 11.3 Å². The molecule has 1 aromatic heterocycles. The van der Waals surface area contributed by atoms with E-state index in [0.29, 0.717) is 17.0 Å². The molecule has 0 saturated heterocycles. The summed E-state index contributed by atoms with van der Waals surface area (Å²) in [6.07, 6.45) is 2.05. The number of furan rings is 1. The number of carbonyl (C=O) groups excluding carboxylic acids is 1. The highest BCUT2D eigenvalue weighted by Crippen LogP contribution is 2.27. The van der Waals surface area contributed by atoms with Crippen molar-refractivity contribution in [1.82, 2.24) is 5.32 Å². The van der Waals surface area contributed by atoms with Crippen molar-refractivity contribution in [2.24, 2.45) is 5.41 Å². The lowest BCUT2D eigenvalue weighted by atomic mass is 9.84. The number of hydrogen-bond donors (Lipinski definition) is 1. The maximum Gasteiger partial charge on any atom is 0.287 e. The molecule has 96 valence electrons. The van der Waals surface area contributed by atoms with E-state index in [9.17, 15) is 4.79 Å². The Balaban J connectivity index is 2.58. The van der Waals surface area contributed by atoms with Crippen LogP contribution in [0.5, 0.6) is 0 Å². The fourth-order valence-electron chi connectivity index (χ4n) is 1.53. The lowest BCUT2D eigenvalue weighted by molar-refractivity contribution is 0.0903. The van der Waals surface area contributed by atoms with Gasteiger partial charge in [-0.1, -0.05) is 29.8 Å². The standard InChI is InChI=1S/C12H17Br2NO2/c1-3-12(4-2,7-13)8-15-11(16)9-5-6-10(14)17-9/h5-6H,3-4,7-8H2,1-2H3,(H,15,16). The Labute approximate surface area is 119 Å². The van der Waals surface area contributed by atoms with Gasteiger partial charge in [-0.2, -0.15) is 0 Å². The van der Waals surface area contributed by atoms with Gasteiger partial charge in [-0.15, -0.1) is 0 Å². The molecule has 0 spiro atoms. The predicted octanol–water partition coefficient (Wildman–Crippen LogP) is 3.97. The molecule has 1 N–H and O–H groups in total. The van der Waals surface area contributed by atoms with Crippen molar-refractivity contribution < 1.29 is 9.21 Å². The number of alkyl halides is 1. The first-order valence-corrected chi connectivity index (χ1v) is 7.58. The van der Waals surface area contributed by atoms with Gasteiger partial charge >= 0.3 is 0 Å². The molecule has 5 heteroatoms. The van der Waals surface area contributed by atoms with Gasteiger partial charge in [-0.3, -0.25) is 4.79 Å². The minimum atomic E-state index is -0.164. The molecule has 0 saturated carbocycles. The molecule has 17 heavy (non-hydrogen) atoms. The Morgan fingerprint density at radius 1 is 1.41 bits per heavy atom. The summed E-state index contributed by atoms with van der Waals surface area (Å²) in [4.78, 5) is 11.8. The summed E-state index contributed by atoms with van der Waals surface area (Å²) in [6, 6.07) is 3.37. The SMILES string of the molecule is CCC(CC)(CBr)CNC(=O)c1ccc(Br)o1. The molecular weight excluding hydrogens is 350 g/mol. The van der Waals surface area contributed by atoms with Gasteiger partial charge < -0.3 is 9.73 Å². The Morgan fingerprint density at radius 3 is 2.47 bits per heavy atom. The summed E-state index contributed by atoms with van der Waals surface area (Å²) in [5.74, 6) is 0.176. The lowest BCUT2D eigenvalue weighted by Crippen LogP contribution is -2.38. The minimum absolute atomic E-state index is 0.124. The molecule has 0 aromatic carbocycles. The van der Waals surface area contributed by atoms with Gasteiger partial charge in [0.15, 0.2) is 10.4 Å². The number of hydrogen-bond acceptors (Lipinski definition) is 2. The van der Waals surface area contributed by atoms with Gasteiger partial charge in [0.25, 0.3) is 5.91 Å². The third kappa shape index (κ3) is 3.85. The van der Waals surface area contributed by atoms with Crippen LogP contribution in [0.2, 0.25) is 0 Å². The molecule has 1 heterocycles. The van der Waals surface area contributed by atoms with Crippen LogP contribution in [0.25, 0.3) is 0 Å². The zero-order chi connectivity index (χ0) is 12.9. The molecule has 0 aliphatic rings. The predicted molar refractivity (Wildman–Crippen MR) is 75.6 cm³/mol. The quantitative estimate of drug-likeness (QED) is 0.774. The first-order valence-electron chi connectivity index (χ1n) is 5.66. The summed E-state index contributed by atoms with van der Waals surface area (Å²) < 4.78 is 5.77. The van der Waals surface area contributed by atoms with Crippen molar-refractivity contribution >= 4 is 37.8 Å². The van der Waals surface area contributed by atoms with Gasteiger partial charge in [0, 0.05) is 11.9 Å². The van der Waals surface area contributed by atoms with Gasteiger partial charge in [-0.05, 0) is 46.3 Å². The van der Waals surface area contributed by atoms with Gasteiger partial charge in [0.05, 0.1) is 0 Å². The molecule has 1 aromatic rings. The molecule has 3 nitrogen and oxygen atoms in total. The maximum atomic E-state index is 11.8. The molecular formula is C12H17Br2NO2. The molecule has 0 radical (unpaired) electrons. The maximum absolute atomic E-state index is 11.8. The summed E-state index contributed by atoms with van der Waals surface area (Å²) in [5, 5.41) is 3.81. The van der Waals surface area contributed by atoms with Crippen LogP contribution >= 0.6 is 31.9 Å². The first-order chi connectivity index (χ1) is 8.06. The molecule has 1 rings (SSSR count). The Hall–Kier alpha value is -0.290. The van der Waals surface area contributed by atoms with Gasteiger partial charge in [0.2, 0.25) is 0 Å². The highest BCUT2D eigenvalue weighted by atomic mass is 79.9. The normalized spacial score (nSPS) is 11.5. The Bertz CT molecular complexity index is 364. The van der Waals surface area contributed by atoms with E-state index in [1.54, 1.807) is 12.1 Å². The lowest BCUT2D eigenvalue weighted by Gasteiger charge is -2.29. The van der Waals surface area contributed by atoms with Crippen LogP contribution in [-0.4, -0.2) is 17.8 Å². The van der Waals surface area contributed by atoms with Crippen LogP contribution in [0.15, 0.2) is 21.2 Å². The molecule has 0 fully saturated rings. The van der Waals surface area contributed by atoms with Gasteiger partial charge in [-0.25, -0.2) is 0 Å². The van der Waals surface area contributed by atoms with E-state index in [1.165, 1.54) is 0 Å². The third-order valence-corrected chi connectivity index (χ3v) is 4.82. The second-order valence-corrected chi connectivity index (χ2v) is 5.47. The Kier molecular flexibility index (Phi) is 5.73. The average Bonchev–Trinajstić information content (AvgIpc) is 2.78. The van der Waals surface area contributed by atoms with Crippen LogP contribution in [0, 0.1) is 5.41 Å². The monoisotopic (exact) mass is 365 g/mol. The molecule has 0 bridgehead atoms. The molecule has 0 aliphatic heterocycles. The molecule has 1 amide bonds. The van der Waals surface area contributed by atoms with Crippen molar-refractivity contribution in [3.05, 3.63) is 22.6 Å². The summed E-state index contributed by atoms with van der Waals surface area (Å²) in [5.41, 5.74) is 0.124. The van der Waals surface area contributed by atoms with E-state index in [1.807, 2.05) is 0 Å². The number of halogens is 2. The number of carbonyl (C=O) groups is 1. The van der Waals surface area contributed by atoms with Gasteiger partial charge in [0.1, 0.15) is 0 Å². The van der Waals surface area contributed by atoms with Crippen LogP contribution < -0.4 is 5.32 Å². The van der Waals surface area contributed by atoms with E-state index >= 15 is 0 Å². The van der Waals surface area contributed by atoms with Crippen LogP contribution in [-0.2, 0) is 0 Å². The molecule has 0 aliphatic carbocycles. The zero-order valence-electron chi connectivity index (χ0n) is 10.1. The zero-order valence-corrected chi connectivity index (χ0v) is 13.2. The fraction of sp³-hybridized carbons (Fsp3) is 0.583. The minimum Gasteiger partial charge on any atom is -0.444 e. The van der Waals surface area contributed by atoms with E-state index in [4.69, 9.17) is 4.42 Å². The first kappa shape index (κ1) is 14.8. The third-order valence-electron chi connectivity index (χ3n) is 3.20. The highest BCUT2D eigenvalue weighted by Gasteiger charge is 2.26. The summed E-state index contributed by atoms with van der Waals surface area (Å²) in [7, 11) is 0. The summed E-state index contributed by atoms with van der Waals surface area (Å²) >= 11 is 6.70. The number of rotatable bonds is 6. The van der Waals surface area contributed by atoms with Crippen molar-refractivity contribution in [1.29, 1.82) is 0 Å². The number of nitrogens with one attached hydrogen (secondary N) is 1. The second kappa shape index (κ2) is 6.59. The topological polar surface area (TPSA) is 42.2 Å². The van der Waals surface area contributed by atoms with Crippen molar-refractivity contribution in [2.75, 3.05) is 11.9 Å². The highest BCUT2D eigenvalue weighted by molar-refractivity contribution is 9.10. The average molecular weight is 367 g/mol. The van der Waals surface area contributed by atoms with E-state index < -0.39 is 0 Å². The van der Waals surface area contributed by atoms with Crippen LogP contribution in [0.4, 0.5) is 0 Å². The summed E-state index contributed by atoms with van der Waals surface area (Å²) in [6.45, 7) is 4.93. The van der Waals surface area contributed by atoms with Crippen molar-refractivity contribution in [3.8, 4) is 0 Å².